The highest BCUT2D eigenvalue weighted by Gasteiger charge is 2.25. The molecule has 0 spiro atoms. The second-order valence-electron chi connectivity index (χ2n) is 22.7. The number of para-hydroxylation sites is 3. The van der Waals surface area contributed by atoms with E-state index < -0.39 is 0 Å². The normalized spacial score (nSPS) is 12.1. The van der Waals surface area contributed by atoms with Crippen LogP contribution in [0, 0.1) is 0 Å². The molecule has 0 aliphatic rings. The SMILES string of the molecule is c1ccc(-c2nc(-n3c4ccccc4c4c5ccc6ccc7ccccc7c6c5ccc43)nc3oc4ccccc4c23)cc1.c1ccc(-c2nc(-n3c4ccccc4c4c5ccc6ccc7ccccc7c6c5ccc43)nc3sc4ccccc4c23)cc1. The van der Waals surface area contributed by atoms with Crippen LogP contribution in [-0.2, 0) is 0 Å². The molecular weight excluding hydrogens is 1090 g/mol. The number of rotatable bonds is 4. The molecule has 7 nitrogen and oxygen atoms in total. The third-order valence-electron chi connectivity index (χ3n) is 18.0. The van der Waals surface area contributed by atoms with Gasteiger partial charge in [0.25, 0.3) is 0 Å². The Balaban J connectivity index is 0.000000128. The largest absolute Gasteiger partial charge is 0.437 e. The molecule has 8 heteroatoms. The molecule has 408 valence electrons. The van der Waals surface area contributed by atoms with Gasteiger partial charge in [-0.3, -0.25) is 9.13 Å². The Bertz CT molecular complexity index is 5930. The first-order valence-electron chi connectivity index (χ1n) is 29.7. The number of fused-ring (bicyclic) bond motifs is 24. The lowest BCUT2D eigenvalue weighted by molar-refractivity contribution is 0.651. The molecule has 20 rings (SSSR count). The van der Waals surface area contributed by atoms with Crippen molar-refractivity contribution < 1.29 is 4.42 Å². The number of thiophene rings is 1. The number of furan rings is 1. The zero-order valence-corrected chi connectivity index (χ0v) is 47.9. The third-order valence-corrected chi connectivity index (χ3v) is 19.1. The minimum atomic E-state index is 0.583. The van der Waals surface area contributed by atoms with Gasteiger partial charge in [-0.2, -0.15) is 4.98 Å². The lowest BCUT2D eigenvalue weighted by atomic mass is 9.94. The van der Waals surface area contributed by atoms with E-state index in [2.05, 4.69) is 252 Å². The highest BCUT2D eigenvalue weighted by Crippen LogP contribution is 2.45. The van der Waals surface area contributed by atoms with Gasteiger partial charge in [0.2, 0.25) is 17.6 Å². The molecule has 6 aromatic heterocycles. The lowest BCUT2D eigenvalue weighted by Gasteiger charge is -2.11. The van der Waals surface area contributed by atoms with Crippen molar-refractivity contribution in [3.8, 4) is 34.4 Å². The second-order valence-corrected chi connectivity index (χ2v) is 23.8. The maximum Gasteiger partial charge on any atom is 0.238 e. The molecular formula is C80H46N6OS. The second kappa shape index (κ2) is 19.0. The first-order chi connectivity index (χ1) is 43.7. The molecule has 0 unspecified atom stereocenters. The Kier molecular flexibility index (Phi) is 10.5. The molecule has 0 saturated carbocycles. The topological polar surface area (TPSA) is 74.6 Å². The van der Waals surface area contributed by atoms with Crippen LogP contribution in [0.5, 0.6) is 0 Å². The van der Waals surface area contributed by atoms with E-state index in [-0.39, 0.29) is 0 Å². The first kappa shape index (κ1) is 48.8. The maximum atomic E-state index is 6.37. The summed E-state index contributed by atoms with van der Waals surface area (Å²) in [7, 11) is 0. The minimum Gasteiger partial charge on any atom is -0.437 e. The summed E-state index contributed by atoms with van der Waals surface area (Å²) in [5, 5.41) is 24.2. The lowest BCUT2D eigenvalue weighted by Crippen LogP contribution is -2.02. The summed E-state index contributed by atoms with van der Waals surface area (Å²) in [6.07, 6.45) is 0. The van der Waals surface area contributed by atoms with Crippen LogP contribution in [0.1, 0.15) is 0 Å². The zero-order valence-electron chi connectivity index (χ0n) is 47.1. The fraction of sp³-hybridized carbons (Fsp3) is 0. The van der Waals surface area contributed by atoms with Crippen molar-refractivity contribution in [3.63, 3.8) is 0 Å². The van der Waals surface area contributed by atoms with E-state index in [1.807, 2.05) is 36.4 Å². The Hall–Kier alpha value is -11.6. The Labute approximate surface area is 505 Å². The van der Waals surface area contributed by atoms with Gasteiger partial charge in [0.05, 0.1) is 38.8 Å². The number of nitrogens with zero attached hydrogens (tertiary/aromatic N) is 6. The summed E-state index contributed by atoms with van der Waals surface area (Å²) in [4.78, 5) is 22.0. The Morgan fingerprint density at radius 2 is 0.682 bits per heavy atom. The van der Waals surface area contributed by atoms with Gasteiger partial charge in [0, 0.05) is 53.5 Å². The Morgan fingerprint density at radius 1 is 0.261 bits per heavy atom. The first-order valence-corrected chi connectivity index (χ1v) is 30.5. The molecule has 0 amide bonds. The van der Waals surface area contributed by atoms with Crippen molar-refractivity contribution >= 4 is 162 Å². The van der Waals surface area contributed by atoms with Crippen LogP contribution in [0.25, 0.3) is 185 Å². The fourth-order valence-corrected chi connectivity index (χ4v) is 15.3. The number of benzene rings is 14. The average Bonchev–Trinajstić information content (AvgIpc) is 1.79. The van der Waals surface area contributed by atoms with E-state index >= 15 is 0 Å². The highest BCUT2D eigenvalue weighted by molar-refractivity contribution is 7.25. The highest BCUT2D eigenvalue weighted by atomic mass is 32.1. The van der Waals surface area contributed by atoms with Gasteiger partial charge in [0.1, 0.15) is 10.4 Å². The Morgan fingerprint density at radius 3 is 1.26 bits per heavy atom. The van der Waals surface area contributed by atoms with Gasteiger partial charge < -0.3 is 4.42 Å². The van der Waals surface area contributed by atoms with Crippen molar-refractivity contribution in [3.05, 3.63) is 279 Å². The summed E-state index contributed by atoms with van der Waals surface area (Å²) in [6, 6.07) is 99.1. The molecule has 0 radical (unpaired) electrons. The molecule has 0 fully saturated rings. The predicted octanol–water partition coefficient (Wildman–Crippen LogP) is 21.7. The van der Waals surface area contributed by atoms with Crippen molar-refractivity contribution in [1.82, 2.24) is 29.1 Å². The molecule has 14 aromatic carbocycles. The fourth-order valence-electron chi connectivity index (χ4n) is 14.2. The van der Waals surface area contributed by atoms with Gasteiger partial charge in [-0.15, -0.1) is 11.3 Å². The van der Waals surface area contributed by atoms with Crippen molar-refractivity contribution in [1.29, 1.82) is 0 Å². The van der Waals surface area contributed by atoms with Gasteiger partial charge in [-0.25, -0.2) is 15.0 Å². The van der Waals surface area contributed by atoms with E-state index in [0.29, 0.717) is 17.6 Å². The average molecular weight is 1140 g/mol. The van der Waals surface area contributed by atoms with Crippen LogP contribution in [0.2, 0.25) is 0 Å². The quantitative estimate of drug-likeness (QED) is 0.164. The predicted molar refractivity (Wildman–Crippen MR) is 369 cm³/mol. The molecule has 0 aliphatic heterocycles. The monoisotopic (exact) mass is 1140 g/mol. The third kappa shape index (κ3) is 7.18. The van der Waals surface area contributed by atoms with Crippen LogP contribution in [-0.4, -0.2) is 29.1 Å². The molecule has 88 heavy (non-hydrogen) atoms. The summed E-state index contributed by atoms with van der Waals surface area (Å²) in [6.45, 7) is 0. The van der Waals surface area contributed by atoms with E-state index in [9.17, 15) is 0 Å². The van der Waals surface area contributed by atoms with Crippen molar-refractivity contribution in [2.24, 2.45) is 0 Å². The standard InChI is InChI=1S/C40H23N3O.C40H23N3S/c2*1-2-11-26(12-3-1)38-37-31-15-7-9-17-34(31)44-39(37)42-40(41-38)43-32-16-8-6-14-30(32)36-29-21-20-25-19-18-24-10-4-5-13-27(24)35(25)28(29)22-23-33(36)43/h2*1-23H. The molecule has 6 heterocycles. The van der Waals surface area contributed by atoms with Crippen LogP contribution >= 0.6 is 11.3 Å². The smallest absolute Gasteiger partial charge is 0.238 e. The van der Waals surface area contributed by atoms with Gasteiger partial charge in [-0.05, 0) is 101 Å². The molecule has 0 N–H and O–H groups in total. The number of hydrogen-bond acceptors (Lipinski definition) is 6. The molecule has 20 aromatic rings. The van der Waals surface area contributed by atoms with Crippen LogP contribution in [0.4, 0.5) is 0 Å². The van der Waals surface area contributed by atoms with E-state index in [1.54, 1.807) is 11.3 Å². The van der Waals surface area contributed by atoms with Crippen LogP contribution in [0.3, 0.4) is 0 Å². The van der Waals surface area contributed by atoms with E-state index in [4.69, 9.17) is 24.4 Å². The summed E-state index contributed by atoms with van der Waals surface area (Å²) >= 11 is 1.73. The maximum absolute atomic E-state index is 6.37. The number of aromatic nitrogens is 6. The minimum absolute atomic E-state index is 0.583. The number of hydrogen-bond donors (Lipinski definition) is 0. The van der Waals surface area contributed by atoms with Crippen molar-refractivity contribution in [2.45, 2.75) is 0 Å². The van der Waals surface area contributed by atoms with Crippen LogP contribution < -0.4 is 0 Å². The van der Waals surface area contributed by atoms with Gasteiger partial charge in [0.15, 0.2) is 0 Å². The summed E-state index contributed by atoms with van der Waals surface area (Å²) in [5.41, 5.74) is 9.66. The molecule has 0 atom stereocenters. The van der Waals surface area contributed by atoms with E-state index in [1.165, 1.54) is 96.3 Å². The summed E-state index contributed by atoms with van der Waals surface area (Å²) < 4.78 is 12.0. The molecule has 0 saturated heterocycles. The van der Waals surface area contributed by atoms with Gasteiger partial charge in [-0.1, -0.05) is 243 Å². The van der Waals surface area contributed by atoms with Gasteiger partial charge >= 0.3 is 0 Å². The van der Waals surface area contributed by atoms with Crippen LogP contribution in [0.15, 0.2) is 283 Å². The van der Waals surface area contributed by atoms with Crippen molar-refractivity contribution in [2.75, 3.05) is 0 Å². The molecule has 0 aliphatic carbocycles. The zero-order chi connectivity index (χ0) is 57.6. The molecule has 0 bridgehead atoms. The summed E-state index contributed by atoms with van der Waals surface area (Å²) in [5.74, 6) is 1.28. The van der Waals surface area contributed by atoms with E-state index in [0.717, 1.165) is 71.2 Å².